The van der Waals surface area contributed by atoms with Crippen LogP contribution in [0.5, 0.6) is 0 Å². The molecule has 1 aromatic carbocycles. The van der Waals surface area contributed by atoms with Gasteiger partial charge in [-0.1, -0.05) is 6.07 Å². The normalized spacial score (nSPS) is 18.5. The van der Waals surface area contributed by atoms with E-state index in [-0.39, 0.29) is 10.9 Å². The van der Waals surface area contributed by atoms with Crippen LogP contribution in [0.1, 0.15) is 0 Å². The highest BCUT2D eigenvalue weighted by molar-refractivity contribution is 7.87. The quantitative estimate of drug-likeness (QED) is 0.383. The molecule has 1 unspecified atom stereocenters. The fourth-order valence-electron chi connectivity index (χ4n) is 1.80. The van der Waals surface area contributed by atoms with E-state index in [1.54, 1.807) is 0 Å². The van der Waals surface area contributed by atoms with Crippen LogP contribution in [0, 0.1) is 0 Å². The van der Waals surface area contributed by atoms with Crippen molar-refractivity contribution in [2.75, 3.05) is 0 Å². The molecule has 0 heterocycles. The van der Waals surface area contributed by atoms with Crippen molar-refractivity contribution in [2.45, 2.75) is 10.1 Å². The first-order valence-electron chi connectivity index (χ1n) is 5.12. The van der Waals surface area contributed by atoms with Gasteiger partial charge in [-0.25, -0.2) is 0 Å². The van der Waals surface area contributed by atoms with Crippen LogP contribution in [-0.2, 0) is 20.2 Å². The zero-order valence-electron chi connectivity index (χ0n) is 9.70. The molecule has 0 spiro atoms. The number of benzene rings is 1. The molecule has 0 aromatic heterocycles. The van der Waals surface area contributed by atoms with Gasteiger partial charge in [-0.05, 0) is 28.6 Å². The maximum Gasteiger partial charge on any atom is 0.317 e. The first-order valence-corrected chi connectivity index (χ1v) is 8.06. The van der Waals surface area contributed by atoms with E-state index in [1.165, 1.54) is 12.1 Å². The molecule has 0 amide bonds. The van der Waals surface area contributed by atoms with E-state index in [4.69, 9.17) is 14.6 Å². The van der Waals surface area contributed by atoms with Crippen molar-refractivity contribution in [3.05, 3.63) is 34.2 Å². The molecule has 10 heteroatoms. The standard InChI is InChI=1S/C10H8N2O6S2/c11-12-9-4-6-1-2-8(19(13,14)15)3-7(6)5-10(9)20(16,17)18/h1-5,10H,(H,13,14,15)(H,16,17,18). The molecule has 0 fully saturated rings. The third-order valence-corrected chi connectivity index (χ3v) is 4.59. The van der Waals surface area contributed by atoms with Gasteiger partial charge in [0.05, 0.1) is 4.90 Å². The summed E-state index contributed by atoms with van der Waals surface area (Å²) < 4.78 is 62.4. The van der Waals surface area contributed by atoms with Crippen molar-refractivity contribution in [3.8, 4) is 0 Å². The Bertz CT molecular complexity index is 955. The SMILES string of the molecule is [N-]=[N+]=C1C=c2ccc(S(=O)(=O)O)cc2=CC1S(=O)(=O)O. The summed E-state index contributed by atoms with van der Waals surface area (Å²) in [5.41, 5.74) is 8.45. The van der Waals surface area contributed by atoms with E-state index in [1.807, 2.05) is 0 Å². The van der Waals surface area contributed by atoms with Crippen LogP contribution in [-0.4, -0.2) is 41.7 Å². The lowest BCUT2D eigenvalue weighted by atomic mass is 10.1. The van der Waals surface area contributed by atoms with Gasteiger partial charge in [0, 0.05) is 6.08 Å². The number of hydrogen-bond acceptors (Lipinski definition) is 4. The lowest BCUT2D eigenvalue weighted by molar-refractivity contribution is -0.00356. The van der Waals surface area contributed by atoms with Crippen LogP contribution in [0.2, 0.25) is 0 Å². The van der Waals surface area contributed by atoms with E-state index >= 15 is 0 Å². The van der Waals surface area contributed by atoms with Gasteiger partial charge >= 0.3 is 5.71 Å². The Morgan fingerprint density at radius 2 is 1.75 bits per heavy atom. The van der Waals surface area contributed by atoms with Crippen molar-refractivity contribution in [2.24, 2.45) is 0 Å². The molecule has 106 valence electrons. The molecule has 2 N–H and O–H groups in total. The Morgan fingerprint density at radius 3 is 2.25 bits per heavy atom. The van der Waals surface area contributed by atoms with E-state index < -0.39 is 30.4 Å². The maximum absolute atomic E-state index is 11.2. The summed E-state index contributed by atoms with van der Waals surface area (Å²) in [6.45, 7) is 0. The van der Waals surface area contributed by atoms with Crippen molar-refractivity contribution < 1.29 is 30.7 Å². The average molecular weight is 316 g/mol. The first-order chi connectivity index (χ1) is 9.13. The third kappa shape index (κ3) is 2.69. The summed E-state index contributed by atoms with van der Waals surface area (Å²) in [6, 6.07) is 3.47. The van der Waals surface area contributed by atoms with Crippen molar-refractivity contribution in [3.63, 3.8) is 0 Å². The molecule has 1 aliphatic rings. The Balaban J connectivity index is 2.83. The maximum atomic E-state index is 11.2. The van der Waals surface area contributed by atoms with Gasteiger partial charge in [0.15, 0.2) is 0 Å². The minimum atomic E-state index is -4.57. The van der Waals surface area contributed by atoms with Gasteiger partial charge in [-0.2, -0.15) is 21.6 Å². The molecular weight excluding hydrogens is 308 g/mol. The van der Waals surface area contributed by atoms with Crippen molar-refractivity contribution in [1.82, 2.24) is 0 Å². The lowest BCUT2D eigenvalue weighted by Gasteiger charge is -2.07. The minimum absolute atomic E-state index is 0.162. The number of rotatable bonds is 2. The summed E-state index contributed by atoms with van der Waals surface area (Å²) in [5.74, 6) is 0. The molecule has 0 aliphatic heterocycles. The van der Waals surface area contributed by atoms with Crippen LogP contribution in [0.3, 0.4) is 0 Å². The number of fused-ring (bicyclic) bond motifs is 1. The lowest BCUT2D eigenvalue weighted by Crippen LogP contribution is -2.39. The fraction of sp³-hybridized carbons (Fsp3) is 0.100. The van der Waals surface area contributed by atoms with Crippen LogP contribution in [0.4, 0.5) is 0 Å². The molecule has 0 radical (unpaired) electrons. The first kappa shape index (κ1) is 14.6. The monoisotopic (exact) mass is 316 g/mol. The van der Waals surface area contributed by atoms with E-state index in [9.17, 15) is 16.8 Å². The van der Waals surface area contributed by atoms with Gasteiger partial charge < -0.3 is 5.53 Å². The fourth-order valence-corrected chi connectivity index (χ4v) is 3.06. The Hall–Kier alpha value is -1.84. The van der Waals surface area contributed by atoms with E-state index in [0.29, 0.717) is 5.22 Å². The predicted molar refractivity (Wildman–Crippen MR) is 68.4 cm³/mol. The zero-order valence-corrected chi connectivity index (χ0v) is 11.3. The molecule has 0 saturated heterocycles. The molecule has 20 heavy (non-hydrogen) atoms. The molecule has 2 rings (SSSR count). The second kappa shape index (κ2) is 4.62. The molecule has 0 bridgehead atoms. The van der Waals surface area contributed by atoms with Crippen LogP contribution in [0.15, 0.2) is 23.1 Å². The van der Waals surface area contributed by atoms with Gasteiger partial charge in [0.2, 0.25) is 5.25 Å². The van der Waals surface area contributed by atoms with Crippen LogP contribution >= 0.6 is 0 Å². The summed E-state index contributed by atoms with van der Waals surface area (Å²) in [5, 5.41) is -1.07. The zero-order chi connectivity index (χ0) is 15.1. The molecule has 0 saturated carbocycles. The number of nitrogens with zero attached hydrogens (tertiary/aromatic N) is 2. The minimum Gasteiger partial charge on any atom is -0.361 e. The molecule has 8 nitrogen and oxygen atoms in total. The second-order valence-corrected chi connectivity index (χ2v) is 7.00. The van der Waals surface area contributed by atoms with Crippen LogP contribution in [0.25, 0.3) is 17.7 Å². The summed E-state index contributed by atoms with van der Waals surface area (Å²) in [4.78, 5) is 2.37. The Labute approximate surface area is 113 Å². The van der Waals surface area contributed by atoms with Crippen molar-refractivity contribution in [1.29, 1.82) is 0 Å². The van der Waals surface area contributed by atoms with Gasteiger partial charge in [-0.3, -0.25) is 9.11 Å². The highest BCUT2D eigenvalue weighted by Gasteiger charge is 2.33. The van der Waals surface area contributed by atoms with E-state index in [0.717, 1.165) is 18.2 Å². The average Bonchev–Trinajstić information content (AvgIpc) is 2.34. The molecule has 1 aliphatic carbocycles. The smallest absolute Gasteiger partial charge is 0.317 e. The summed E-state index contributed by atoms with van der Waals surface area (Å²) in [7, 11) is -9.00. The molecular formula is C10H8N2O6S2. The van der Waals surface area contributed by atoms with Gasteiger partial charge in [0.25, 0.3) is 20.2 Å². The largest absolute Gasteiger partial charge is 0.361 e. The Morgan fingerprint density at radius 1 is 1.10 bits per heavy atom. The third-order valence-electron chi connectivity index (χ3n) is 2.72. The second-order valence-electron chi connectivity index (χ2n) is 4.04. The Kier molecular flexibility index (Phi) is 3.36. The van der Waals surface area contributed by atoms with Crippen LogP contribution < -0.4 is 10.4 Å². The van der Waals surface area contributed by atoms with Gasteiger partial charge in [0.1, 0.15) is 0 Å². The highest BCUT2D eigenvalue weighted by atomic mass is 32.2. The topological polar surface area (TPSA) is 145 Å². The van der Waals surface area contributed by atoms with Gasteiger partial charge in [-0.15, -0.1) is 0 Å². The summed E-state index contributed by atoms with van der Waals surface area (Å²) >= 11 is 0. The van der Waals surface area contributed by atoms with Crippen molar-refractivity contribution >= 4 is 38.1 Å². The predicted octanol–water partition coefficient (Wildman–Crippen LogP) is -1.56. The highest BCUT2D eigenvalue weighted by Crippen LogP contribution is 2.08. The number of hydrogen-bond donors (Lipinski definition) is 2. The summed E-state index contributed by atoms with van der Waals surface area (Å²) in [6.07, 6.45) is 2.20. The molecule has 1 atom stereocenters. The van der Waals surface area contributed by atoms with E-state index in [2.05, 4.69) is 4.79 Å². The molecule has 1 aromatic rings.